The second-order valence-electron chi connectivity index (χ2n) is 6.95. The fourth-order valence-corrected chi connectivity index (χ4v) is 3.46. The third-order valence-electron chi connectivity index (χ3n) is 3.24. The van der Waals surface area contributed by atoms with Crippen molar-refractivity contribution in [1.29, 1.82) is 0 Å². The minimum atomic E-state index is -0.427. The van der Waals surface area contributed by atoms with Gasteiger partial charge in [0, 0.05) is 30.6 Å². The molecule has 1 saturated heterocycles. The van der Waals surface area contributed by atoms with Crippen molar-refractivity contribution in [3.63, 3.8) is 0 Å². The van der Waals surface area contributed by atoms with E-state index < -0.39 is 5.60 Å². The summed E-state index contributed by atoms with van der Waals surface area (Å²) in [5.74, 6) is 1.63. The molecule has 1 fully saturated rings. The Labute approximate surface area is 128 Å². The van der Waals surface area contributed by atoms with Crippen LogP contribution < -0.4 is 5.32 Å². The Hall–Kier alpha value is -0.420. The summed E-state index contributed by atoms with van der Waals surface area (Å²) in [6, 6.07) is 0.629. The SMILES string of the molecule is CC(CNC1CSC(C)C1)CN(C)C(=O)OC(C)(C)C. The molecule has 1 amide bonds. The maximum absolute atomic E-state index is 11.9. The van der Waals surface area contributed by atoms with Gasteiger partial charge in [-0.15, -0.1) is 0 Å². The highest BCUT2D eigenvalue weighted by molar-refractivity contribution is 8.00. The predicted octanol–water partition coefficient (Wildman–Crippen LogP) is 2.97. The standard InChI is InChI=1S/C15H30N2O2S/c1-11(8-16-13-7-12(2)20-10-13)9-17(6)14(18)19-15(3,4)5/h11-13,16H,7-10H2,1-6H3. The molecule has 3 atom stereocenters. The van der Waals surface area contributed by atoms with Crippen LogP contribution in [0.5, 0.6) is 0 Å². The van der Waals surface area contributed by atoms with Crippen molar-refractivity contribution in [2.24, 2.45) is 5.92 Å². The number of nitrogens with zero attached hydrogens (tertiary/aromatic N) is 1. The molecule has 0 bridgehead atoms. The summed E-state index contributed by atoms with van der Waals surface area (Å²) in [7, 11) is 1.80. The molecule has 1 aliphatic rings. The van der Waals surface area contributed by atoms with Gasteiger partial charge >= 0.3 is 6.09 Å². The zero-order valence-corrected chi connectivity index (χ0v) is 14.5. The Morgan fingerprint density at radius 3 is 2.65 bits per heavy atom. The summed E-state index contributed by atoms with van der Waals surface area (Å²) in [5, 5.41) is 4.38. The fourth-order valence-electron chi connectivity index (χ4n) is 2.27. The van der Waals surface area contributed by atoms with Gasteiger partial charge in [-0.05, 0) is 39.7 Å². The second kappa shape index (κ2) is 7.55. The molecule has 0 radical (unpaired) electrons. The number of amides is 1. The van der Waals surface area contributed by atoms with Gasteiger partial charge in [-0.1, -0.05) is 13.8 Å². The lowest BCUT2D eigenvalue weighted by molar-refractivity contribution is 0.0276. The van der Waals surface area contributed by atoms with Gasteiger partial charge < -0.3 is 15.0 Å². The van der Waals surface area contributed by atoms with Crippen molar-refractivity contribution in [2.45, 2.75) is 57.9 Å². The molecular weight excluding hydrogens is 272 g/mol. The number of nitrogens with one attached hydrogen (secondary N) is 1. The monoisotopic (exact) mass is 302 g/mol. The van der Waals surface area contributed by atoms with E-state index in [2.05, 4.69) is 19.2 Å². The average Bonchev–Trinajstić information content (AvgIpc) is 2.70. The first-order chi connectivity index (χ1) is 9.17. The van der Waals surface area contributed by atoms with Crippen molar-refractivity contribution < 1.29 is 9.53 Å². The number of rotatable bonds is 5. The zero-order chi connectivity index (χ0) is 15.3. The number of hydrogen-bond donors (Lipinski definition) is 1. The normalized spacial score (nSPS) is 24.5. The maximum atomic E-state index is 11.9. The summed E-state index contributed by atoms with van der Waals surface area (Å²) >= 11 is 2.04. The molecule has 1 heterocycles. The number of ether oxygens (including phenoxy) is 1. The lowest BCUT2D eigenvalue weighted by atomic mass is 10.1. The Morgan fingerprint density at radius 1 is 1.50 bits per heavy atom. The van der Waals surface area contributed by atoms with Gasteiger partial charge in [0.1, 0.15) is 5.60 Å². The Morgan fingerprint density at radius 2 is 2.15 bits per heavy atom. The first-order valence-electron chi connectivity index (χ1n) is 7.46. The van der Waals surface area contributed by atoms with Gasteiger partial charge in [-0.25, -0.2) is 4.79 Å². The third-order valence-corrected chi connectivity index (χ3v) is 4.60. The van der Waals surface area contributed by atoms with E-state index in [-0.39, 0.29) is 6.09 Å². The van der Waals surface area contributed by atoms with E-state index in [1.807, 2.05) is 32.5 Å². The van der Waals surface area contributed by atoms with Crippen molar-refractivity contribution in [3.05, 3.63) is 0 Å². The first-order valence-corrected chi connectivity index (χ1v) is 8.51. The third kappa shape index (κ3) is 6.84. The Bertz CT molecular complexity index is 317. The van der Waals surface area contributed by atoms with E-state index in [0.717, 1.165) is 18.3 Å². The molecule has 0 spiro atoms. The molecule has 118 valence electrons. The summed E-state index contributed by atoms with van der Waals surface area (Å²) in [5.41, 5.74) is -0.427. The minimum Gasteiger partial charge on any atom is -0.444 e. The van der Waals surface area contributed by atoms with E-state index in [9.17, 15) is 4.79 Å². The number of thioether (sulfide) groups is 1. The Balaban J connectivity index is 2.23. The highest BCUT2D eigenvalue weighted by Gasteiger charge is 2.23. The van der Waals surface area contributed by atoms with E-state index in [0.29, 0.717) is 12.0 Å². The van der Waals surface area contributed by atoms with E-state index in [1.165, 1.54) is 12.2 Å². The quantitative estimate of drug-likeness (QED) is 0.848. The van der Waals surface area contributed by atoms with Gasteiger partial charge in [-0.2, -0.15) is 11.8 Å². The second-order valence-corrected chi connectivity index (χ2v) is 8.42. The molecule has 0 aliphatic carbocycles. The largest absolute Gasteiger partial charge is 0.444 e. The maximum Gasteiger partial charge on any atom is 0.410 e. The zero-order valence-electron chi connectivity index (χ0n) is 13.7. The van der Waals surface area contributed by atoms with Gasteiger partial charge in [0.2, 0.25) is 0 Å². The molecule has 3 unspecified atom stereocenters. The van der Waals surface area contributed by atoms with Gasteiger partial charge in [0.25, 0.3) is 0 Å². The molecule has 1 rings (SSSR count). The lowest BCUT2D eigenvalue weighted by Gasteiger charge is -2.27. The summed E-state index contributed by atoms with van der Waals surface area (Å²) < 4.78 is 5.36. The molecule has 5 heteroatoms. The minimum absolute atomic E-state index is 0.241. The van der Waals surface area contributed by atoms with Crippen LogP contribution in [0.2, 0.25) is 0 Å². The van der Waals surface area contributed by atoms with Crippen LogP contribution in [0.15, 0.2) is 0 Å². The number of carbonyl (C=O) groups is 1. The number of carbonyl (C=O) groups excluding carboxylic acids is 1. The van der Waals surface area contributed by atoms with E-state index in [4.69, 9.17) is 4.74 Å². The van der Waals surface area contributed by atoms with Crippen LogP contribution in [0.25, 0.3) is 0 Å². The molecule has 1 N–H and O–H groups in total. The van der Waals surface area contributed by atoms with Crippen LogP contribution >= 0.6 is 11.8 Å². The van der Waals surface area contributed by atoms with Crippen LogP contribution in [-0.2, 0) is 4.74 Å². The Kier molecular flexibility index (Phi) is 6.65. The highest BCUT2D eigenvalue weighted by Crippen LogP contribution is 2.25. The van der Waals surface area contributed by atoms with Crippen molar-refractivity contribution >= 4 is 17.9 Å². The molecular formula is C15H30N2O2S. The predicted molar refractivity (Wildman–Crippen MR) is 86.4 cm³/mol. The van der Waals surface area contributed by atoms with Gasteiger partial charge in [0.05, 0.1) is 0 Å². The van der Waals surface area contributed by atoms with Crippen LogP contribution in [0.4, 0.5) is 4.79 Å². The number of hydrogen-bond acceptors (Lipinski definition) is 4. The first kappa shape index (κ1) is 17.6. The van der Waals surface area contributed by atoms with Gasteiger partial charge in [-0.3, -0.25) is 0 Å². The highest BCUT2D eigenvalue weighted by atomic mass is 32.2. The molecule has 20 heavy (non-hydrogen) atoms. The lowest BCUT2D eigenvalue weighted by Crippen LogP contribution is -2.40. The summed E-state index contributed by atoms with van der Waals surface area (Å²) in [6.45, 7) is 11.8. The molecule has 0 aromatic carbocycles. The summed E-state index contributed by atoms with van der Waals surface area (Å²) in [4.78, 5) is 13.5. The molecule has 0 saturated carbocycles. The molecule has 1 aliphatic heterocycles. The van der Waals surface area contributed by atoms with E-state index >= 15 is 0 Å². The van der Waals surface area contributed by atoms with E-state index in [1.54, 1.807) is 11.9 Å². The van der Waals surface area contributed by atoms with Crippen molar-refractivity contribution in [2.75, 3.05) is 25.9 Å². The van der Waals surface area contributed by atoms with Crippen molar-refractivity contribution in [1.82, 2.24) is 10.2 Å². The van der Waals surface area contributed by atoms with Crippen LogP contribution in [0, 0.1) is 5.92 Å². The van der Waals surface area contributed by atoms with Gasteiger partial charge in [0.15, 0.2) is 0 Å². The van der Waals surface area contributed by atoms with Crippen LogP contribution in [0.3, 0.4) is 0 Å². The molecule has 4 nitrogen and oxygen atoms in total. The molecule has 0 aromatic heterocycles. The van der Waals surface area contributed by atoms with Crippen molar-refractivity contribution in [3.8, 4) is 0 Å². The fraction of sp³-hybridized carbons (Fsp3) is 0.933. The van der Waals surface area contributed by atoms with Crippen LogP contribution in [-0.4, -0.2) is 53.8 Å². The summed E-state index contributed by atoms with van der Waals surface area (Å²) in [6.07, 6.45) is 1.01. The van der Waals surface area contributed by atoms with Crippen LogP contribution in [0.1, 0.15) is 41.0 Å². The average molecular weight is 302 g/mol. The topological polar surface area (TPSA) is 41.6 Å². The molecule has 0 aromatic rings. The smallest absolute Gasteiger partial charge is 0.410 e.